The molecule has 11 heteroatoms. The van der Waals surface area contributed by atoms with Crippen molar-refractivity contribution in [1.82, 2.24) is 9.80 Å². The molecule has 0 saturated carbocycles. The highest BCUT2D eigenvalue weighted by Crippen LogP contribution is 2.30. The van der Waals surface area contributed by atoms with Crippen LogP contribution in [-0.2, 0) is 21.1 Å². The summed E-state index contributed by atoms with van der Waals surface area (Å²) in [5.41, 5.74) is -4.32. The van der Waals surface area contributed by atoms with Crippen LogP contribution in [-0.4, -0.2) is 68.8 Å². The molecule has 0 bridgehead atoms. The molecule has 1 heterocycles. The van der Waals surface area contributed by atoms with Gasteiger partial charge in [-0.15, -0.1) is 0 Å². The van der Waals surface area contributed by atoms with Gasteiger partial charge in [-0.1, -0.05) is 12.1 Å². The first-order valence-corrected chi connectivity index (χ1v) is 11.6. The molecule has 0 N–H and O–H groups in total. The summed E-state index contributed by atoms with van der Waals surface area (Å²) in [6.07, 6.45) is 0.907. The average molecular weight is 484 g/mol. The molecular formula is C22H23F3N2O5S. The number of benzene rings is 2. The number of hydrogen-bond donors (Lipinski definition) is 0. The van der Waals surface area contributed by atoms with E-state index in [1.54, 1.807) is 12.0 Å². The van der Waals surface area contributed by atoms with E-state index < -0.39 is 26.1 Å². The van der Waals surface area contributed by atoms with Crippen LogP contribution < -0.4 is 4.74 Å². The summed E-state index contributed by atoms with van der Waals surface area (Å²) in [7, 11) is -3.89. The molecule has 33 heavy (non-hydrogen) atoms. The van der Waals surface area contributed by atoms with Gasteiger partial charge in [-0.05, 0) is 48.4 Å². The van der Waals surface area contributed by atoms with Crippen molar-refractivity contribution in [2.75, 3.05) is 33.3 Å². The Hall–Kier alpha value is -3.08. The van der Waals surface area contributed by atoms with Gasteiger partial charge in [0.1, 0.15) is 5.75 Å². The predicted molar refractivity (Wildman–Crippen MR) is 113 cm³/mol. The molecule has 0 atom stereocenters. The Bertz CT molecular complexity index is 1090. The maximum Gasteiger partial charge on any atom is 0.501 e. The summed E-state index contributed by atoms with van der Waals surface area (Å²) in [6, 6.07) is 11.1. The highest BCUT2D eigenvalue weighted by atomic mass is 32.2. The van der Waals surface area contributed by atoms with Crippen molar-refractivity contribution in [3.63, 3.8) is 0 Å². The lowest BCUT2D eigenvalue weighted by Crippen LogP contribution is -2.50. The Labute approximate surface area is 189 Å². The number of aryl methyl sites for hydroxylation is 1. The number of hydrogen-bond acceptors (Lipinski definition) is 5. The molecular weight excluding hydrogens is 461 g/mol. The van der Waals surface area contributed by atoms with Gasteiger partial charge in [0.2, 0.25) is 5.91 Å². The van der Waals surface area contributed by atoms with Crippen LogP contribution in [0.1, 0.15) is 22.3 Å². The van der Waals surface area contributed by atoms with Crippen LogP contribution in [0.4, 0.5) is 13.2 Å². The zero-order valence-corrected chi connectivity index (χ0v) is 18.7. The van der Waals surface area contributed by atoms with Gasteiger partial charge < -0.3 is 14.5 Å². The smallest absolute Gasteiger partial charge is 0.497 e. The van der Waals surface area contributed by atoms with E-state index in [-0.39, 0.29) is 24.6 Å². The van der Waals surface area contributed by atoms with Crippen molar-refractivity contribution < 1.29 is 35.9 Å². The molecule has 1 aliphatic heterocycles. The lowest BCUT2D eigenvalue weighted by molar-refractivity contribution is -0.132. The molecule has 2 amide bonds. The molecule has 7 nitrogen and oxygen atoms in total. The number of carbonyl (C=O) groups excluding carboxylic acids is 2. The van der Waals surface area contributed by atoms with Crippen molar-refractivity contribution in [2.24, 2.45) is 0 Å². The van der Waals surface area contributed by atoms with Gasteiger partial charge in [-0.2, -0.15) is 13.2 Å². The summed E-state index contributed by atoms with van der Waals surface area (Å²) < 4.78 is 66.0. The van der Waals surface area contributed by atoms with E-state index in [4.69, 9.17) is 4.74 Å². The van der Waals surface area contributed by atoms with Crippen LogP contribution in [0, 0.1) is 0 Å². The second kappa shape index (κ2) is 9.82. The number of carbonyl (C=O) groups is 2. The number of ether oxygens (including phenoxy) is 1. The van der Waals surface area contributed by atoms with Crippen molar-refractivity contribution in [1.29, 1.82) is 0 Å². The molecule has 1 saturated heterocycles. The highest BCUT2D eigenvalue weighted by molar-refractivity contribution is 7.92. The monoisotopic (exact) mass is 484 g/mol. The standard InChI is InChI=1S/C22H23F3N2O5S/c1-32-18-7-2-16(3-8-18)4-11-20(28)26-12-14-27(15-13-26)21(29)17-5-9-19(10-6-17)33(30,31)22(23,24)25/h2-3,5-10H,4,11-15H2,1H3. The number of piperazine rings is 1. The van der Waals surface area contributed by atoms with Gasteiger partial charge in [0.05, 0.1) is 12.0 Å². The van der Waals surface area contributed by atoms with Crippen LogP contribution in [0.5, 0.6) is 5.75 Å². The topological polar surface area (TPSA) is 84.0 Å². The molecule has 1 fully saturated rings. The normalized spacial score (nSPS) is 14.8. The van der Waals surface area contributed by atoms with Gasteiger partial charge in [0, 0.05) is 38.2 Å². The first kappa shape index (κ1) is 24.6. The molecule has 178 valence electrons. The minimum atomic E-state index is -5.47. The molecule has 0 spiro atoms. The van der Waals surface area contributed by atoms with Crippen LogP contribution in [0.2, 0.25) is 0 Å². The fraction of sp³-hybridized carbons (Fsp3) is 0.364. The summed E-state index contributed by atoms with van der Waals surface area (Å²) >= 11 is 0. The highest BCUT2D eigenvalue weighted by Gasteiger charge is 2.46. The number of nitrogens with zero attached hydrogens (tertiary/aromatic N) is 2. The Morgan fingerprint density at radius 1 is 0.909 bits per heavy atom. The molecule has 3 rings (SSSR count). The van der Waals surface area contributed by atoms with E-state index in [2.05, 4.69) is 0 Å². The van der Waals surface area contributed by atoms with Crippen molar-refractivity contribution in [3.8, 4) is 5.75 Å². The van der Waals surface area contributed by atoms with E-state index in [9.17, 15) is 31.2 Å². The zero-order valence-electron chi connectivity index (χ0n) is 17.8. The van der Waals surface area contributed by atoms with Gasteiger partial charge in [-0.25, -0.2) is 8.42 Å². The molecule has 0 aromatic heterocycles. The largest absolute Gasteiger partial charge is 0.501 e. The third-order valence-electron chi connectivity index (χ3n) is 5.42. The first-order valence-electron chi connectivity index (χ1n) is 10.1. The third kappa shape index (κ3) is 5.65. The summed E-state index contributed by atoms with van der Waals surface area (Å²) in [5.74, 6) is 0.276. The lowest BCUT2D eigenvalue weighted by atomic mass is 10.1. The number of methoxy groups -OCH3 is 1. The number of sulfone groups is 1. The Kier molecular flexibility index (Phi) is 7.31. The zero-order chi connectivity index (χ0) is 24.2. The average Bonchev–Trinajstić information content (AvgIpc) is 2.82. The second-order valence-corrected chi connectivity index (χ2v) is 9.44. The fourth-order valence-corrected chi connectivity index (χ4v) is 4.22. The van der Waals surface area contributed by atoms with Crippen LogP contribution in [0.15, 0.2) is 53.4 Å². The quantitative estimate of drug-likeness (QED) is 0.630. The lowest BCUT2D eigenvalue weighted by Gasteiger charge is -2.35. The molecule has 0 unspecified atom stereocenters. The Morgan fingerprint density at radius 2 is 1.45 bits per heavy atom. The number of halogens is 3. The molecule has 2 aromatic carbocycles. The number of alkyl halides is 3. The maximum atomic E-state index is 12.7. The van der Waals surface area contributed by atoms with E-state index in [1.165, 1.54) is 4.90 Å². The summed E-state index contributed by atoms with van der Waals surface area (Å²) in [4.78, 5) is 27.4. The number of amides is 2. The molecule has 0 aliphatic carbocycles. The fourth-order valence-electron chi connectivity index (χ4n) is 3.45. The van der Waals surface area contributed by atoms with Gasteiger partial charge in [-0.3, -0.25) is 9.59 Å². The van der Waals surface area contributed by atoms with Crippen LogP contribution >= 0.6 is 0 Å². The first-order chi connectivity index (χ1) is 15.5. The maximum absolute atomic E-state index is 12.7. The van der Waals surface area contributed by atoms with Crippen LogP contribution in [0.25, 0.3) is 0 Å². The molecule has 2 aromatic rings. The Morgan fingerprint density at radius 3 is 1.97 bits per heavy atom. The van der Waals surface area contributed by atoms with Crippen molar-refractivity contribution in [3.05, 3.63) is 59.7 Å². The van der Waals surface area contributed by atoms with Crippen molar-refractivity contribution in [2.45, 2.75) is 23.2 Å². The van der Waals surface area contributed by atoms with E-state index in [1.807, 2.05) is 24.3 Å². The molecule has 0 radical (unpaired) electrons. The van der Waals surface area contributed by atoms with Gasteiger partial charge >= 0.3 is 5.51 Å². The summed E-state index contributed by atoms with van der Waals surface area (Å²) in [6.45, 7) is 1.23. The number of rotatable bonds is 6. The predicted octanol–water partition coefficient (Wildman–Crippen LogP) is 2.91. The minimum Gasteiger partial charge on any atom is -0.497 e. The van der Waals surface area contributed by atoms with Gasteiger partial charge in [0.25, 0.3) is 15.7 Å². The van der Waals surface area contributed by atoms with Gasteiger partial charge in [0.15, 0.2) is 0 Å². The SMILES string of the molecule is COc1ccc(CCC(=O)N2CCN(C(=O)c3ccc(S(=O)(=O)C(F)(F)F)cc3)CC2)cc1. The molecule has 1 aliphatic rings. The second-order valence-electron chi connectivity index (χ2n) is 7.49. The van der Waals surface area contributed by atoms with Crippen molar-refractivity contribution >= 4 is 21.7 Å². The Balaban J connectivity index is 1.52. The van der Waals surface area contributed by atoms with E-state index in [0.717, 1.165) is 35.6 Å². The van der Waals surface area contributed by atoms with E-state index in [0.29, 0.717) is 25.9 Å². The minimum absolute atomic E-state index is 0.0281. The third-order valence-corrected chi connectivity index (χ3v) is 6.92. The summed E-state index contributed by atoms with van der Waals surface area (Å²) in [5, 5.41) is 0. The van der Waals surface area contributed by atoms with E-state index >= 15 is 0 Å². The van der Waals surface area contributed by atoms with Crippen LogP contribution in [0.3, 0.4) is 0 Å².